The number of carbonyl (C=O) groups is 1. The SMILES string of the molecule is O=C(CN1CCN(c2ncccn2)CC1)Nc1ccc(F)cc1. The first-order valence-corrected chi connectivity index (χ1v) is 7.50. The van der Waals surface area contributed by atoms with E-state index in [2.05, 4.69) is 25.1 Å². The van der Waals surface area contributed by atoms with E-state index in [1.54, 1.807) is 30.6 Å². The molecule has 0 atom stereocenters. The van der Waals surface area contributed by atoms with Gasteiger partial charge in [0, 0.05) is 44.3 Å². The molecule has 120 valence electrons. The van der Waals surface area contributed by atoms with E-state index < -0.39 is 0 Å². The molecule has 1 aliphatic heterocycles. The summed E-state index contributed by atoms with van der Waals surface area (Å²) in [5.41, 5.74) is 0.604. The van der Waals surface area contributed by atoms with E-state index in [4.69, 9.17) is 0 Å². The van der Waals surface area contributed by atoms with Gasteiger partial charge in [-0.2, -0.15) is 0 Å². The van der Waals surface area contributed by atoms with Crippen LogP contribution in [0.3, 0.4) is 0 Å². The van der Waals surface area contributed by atoms with Crippen LogP contribution in [0.25, 0.3) is 0 Å². The van der Waals surface area contributed by atoms with Crippen molar-refractivity contribution in [2.45, 2.75) is 0 Å². The van der Waals surface area contributed by atoms with Crippen LogP contribution in [0.4, 0.5) is 16.0 Å². The van der Waals surface area contributed by atoms with E-state index in [-0.39, 0.29) is 11.7 Å². The summed E-state index contributed by atoms with van der Waals surface area (Å²) in [5.74, 6) is 0.311. The highest BCUT2D eigenvalue weighted by Gasteiger charge is 2.20. The fraction of sp³-hybridized carbons (Fsp3) is 0.312. The summed E-state index contributed by atoms with van der Waals surface area (Å²) < 4.78 is 12.8. The average Bonchev–Trinajstić information content (AvgIpc) is 2.58. The van der Waals surface area contributed by atoms with Crippen LogP contribution in [0, 0.1) is 5.82 Å². The number of hydrogen-bond donors (Lipinski definition) is 1. The molecule has 1 fully saturated rings. The Kier molecular flexibility index (Phi) is 4.77. The monoisotopic (exact) mass is 315 g/mol. The third-order valence-electron chi connectivity index (χ3n) is 3.70. The van der Waals surface area contributed by atoms with Crippen molar-refractivity contribution in [1.29, 1.82) is 0 Å². The van der Waals surface area contributed by atoms with Crippen molar-refractivity contribution in [3.05, 3.63) is 48.5 Å². The van der Waals surface area contributed by atoms with Gasteiger partial charge >= 0.3 is 0 Å². The van der Waals surface area contributed by atoms with Crippen molar-refractivity contribution in [3.63, 3.8) is 0 Å². The van der Waals surface area contributed by atoms with Crippen LogP contribution < -0.4 is 10.2 Å². The van der Waals surface area contributed by atoms with Crippen LogP contribution in [0.5, 0.6) is 0 Å². The molecule has 1 aliphatic rings. The molecular weight excluding hydrogens is 297 g/mol. The lowest BCUT2D eigenvalue weighted by Crippen LogP contribution is -2.49. The van der Waals surface area contributed by atoms with Crippen LogP contribution >= 0.6 is 0 Å². The lowest BCUT2D eigenvalue weighted by molar-refractivity contribution is -0.117. The molecule has 0 bridgehead atoms. The molecule has 0 aliphatic carbocycles. The van der Waals surface area contributed by atoms with Crippen LogP contribution in [-0.4, -0.2) is 53.5 Å². The Morgan fingerprint density at radius 3 is 2.39 bits per heavy atom. The van der Waals surface area contributed by atoms with Crippen molar-refractivity contribution in [2.24, 2.45) is 0 Å². The van der Waals surface area contributed by atoms with Gasteiger partial charge in [0.1, 0.15) is 5.82 Å². The van der Waals surface area contributed by atoms with Gasteiger partial charge in [0.15, 0.2) is 0 Å². The van der Waals surface area contributed by atoms with Gasteiger partial charge in [-0.25, -0.2) is 14.4 Å². The van der Waals surface area contributed by atoms with Gasteiger partial charge in [-0.15, -0.1) is 0 Å². The molecular formula is C16H18FN5O. The summed E-state index contributed by atoms with van der Waals surface area (Å²) in [7, 11) is 0. The third kappa shape index (κ3) is 4.23. The first-order chi connectivity index (χ1) is 11.2. The van der Waals surface area contributed by atoms with E-state index in [9.17, 15) is 9.18 Å². The topological polar surface area (TPSA) is 61.4 Å². The maximum absolute atomic E-state index is 12.8. The number of carbonyl (C=O) groups excluding carboxylic acids is 1. The highest BCUT2D eigenvalue weighted by atomic mass is 19.1. The first kappa shape index (κ1) is 15.4. The summed E-state index contributed by atoms with van der Waals surface area (Å²) in [4.78, 5) is 24.7. The predicted octanol–water partition coefficient (Wildman–Crippen LogP) is 1.38. The zero-order valence-corrected chi connectivity index (χ0v) is 12.7. The van der Waals surface area contributed by atoms with Crippen LogP contribution in [0.1, 0.15) is 0 Å². The van der Waals surface area contributed by atoms with E-state index >= 15 is 0 Å². The number of halogens is 1. The molecule has 1 N–H and O–H groups in total. The number of aromatic nitrogens is 2. The lowest BCUT2D eigenvalue weighted by atomic mass is 10.3. The van der Waals surface area contributed by atoms with Crippen LogP contribution in [0.15, 0.2) is 42.7 Å². The number of anilines is 2. The Balaban J connectivity index is 1.47. The molecule has 23 heavy (non-hydrogen) atoms. The van der Waals surface area contributed by atoms with Crippen molar-refractivity contribution >= 4 is 17.5 Å². The fourth-order valence-corrected chi connectivity index (χ4v) is 2.50. The maximum Gasteiger partial charge on any atom is 0.238 e. The van der Waals surface area contributed by atoms with E-state index in [1.807, 2.05) is 0 Å². The summed E-state index contributed by atoms with van der Waals surface area (Å²) in [6.07, 6.45) is 3.45. The van der Waals surface area contributed by atoms with Crippen molar-refractivity contribution in [3.8, 4) is 0 Å². The smallest absolute Gasteiger partial charge is 0.238 e. The van der Waals surface area contributed by atoms with Crippen LogP contribution in [-0.2, 0) is 4.79 Å². The molecule has 2 heterocycles. The number of benzene rings is 1. The molecule has 1 amide bonds. The number of amides is 1. The van der Waals surface area contributed by atoms with Gasteiger partial charge < -0.3 is 10.2 Å². The number of nitrogens with zero attached hydrogens (tertiary/aromatic N) is 4. The summed E-state index contributed by atoms with van der Waals surface area (Å²) in [6.45, 7) is 3.44. The average molecular weight is 315 g/mol. The minimum absolute atomic E-state index is 0.0963. The Hall–Kier alpha value is -2.54. The van der Waals surface area contributed by atoms with Gasteiger partial charge in [0.25, 0.3) is 0 Å². The molecule has 1 saturated heterocycles. The first-order valence-electron chi connectivity index (χ1n) is 7.50. The minimum Gasteiger partial charge on any atom is -0.338 e. The molecule has 7 heteroatoms. The van der Waals surface area contributed by atoms with Crippen molar-refractivity contribution < 1.29 is 9.18 Å². The molecule has 0 spiro atoms. The zero-order valence-electron chi connectivity index (χ0n) is 12.7. The standard InChI is InChI=1S/C16H18FN5O/c17-13-2-4-14(5-3-13)20-15(23)12-21-8-10-22(11-9-21)16-18-6-1-7-19-16/h1-7H,8-12H2,(H,20,23). The molecule has 0 radical (unpaired) electrons. The van der Waals surface area contributed by atoms with Gasteiger partial charge in [-0.3, -0.25) is 9.69 Å². The molecule has 1 aromatic carbocycles. The Morgan fingerprint density at radius 2 is 1.74 bits per heavy atom. The van der Waals surface area contributed by atoms with Crippen molar-refractivity contribution in [2.75, 3.05) is 42.9 Å². The summed E-state index contributed by atoms with van der Waals surface area (Å²) in [6, 6.07) is 7.55. The number of nitrogens with one attached hydrogen (secondary N) is 1. The number of hydrogen-bond acceptors (Lipinski definition) is 5. The molecule has 6 nitrogen and oxygen atoms in total. The zero-order chi connectivity index (χ0) is 16.1. The van der Waals surface area contributed by atoms with Gasteiger partial charge in [0.2, 0.25) is 11.9 Å². The minimum atomic E-state index is -0.317. The predicted molar refractivity (Wildman–Crippen MR) is 85.7 cm³/mol. The highest BCUT2D eigenvalue weighted by Crippen LogP contribution is 2.11. The second-order valence-corrected chi connectivity index (χ2v) is 5.37. The summed E-state index contributed by atoms with van der Waals surface area (Å²) in [5, 5.41) is 2.77. The van der Waals surface area contributed by atoms with Crippen molar-refractivity contribution in [1.82, 2.24) is 14.9 Å². The molecule has 3 rings (SSSR count). The van der Waals surface area contributed by atoms with E-state index in [1.165, 1.54) is 12.1 Å². The van der Waals surface area contributed by atoms with E-state index in [0.29, 0.717) is 12.2 Å². The van der Waals surface area contributed by atoms with E-state index in [0.717, 1.165) is 32.1 Å². The van der Waals surface area contributed by atoms with Gasteiger partial charge in [-0.05, 0) is 30.3 Å². The second-order valence-electron chi connectivity index (χ2n) is 5.37. The molecule has 0 saturated carbocycles. The number of piperazine rings is 1. The Bertz CT molecular complexity index is 641. The Morgan fingerprint density at radius 1 is 1.09 bits per heavy atom. The molecule has 0 unspecified atom stereocenters. The second kappa shape index (κ2) is 7.15. The van der Waals surface area contributed by atoms with Crippen LogP contribution in [0.2, 0.25) is 0 Å². The summed E-state index contributed by atoms with van der Waals surface area (Å²) >= 11 is 0. The molecule has 1 aromatic heterocycles. The fourth-order valence-electron chi connectivity index (χ4n) is 2.50. The lowest BCUT2D eigenvalue weighted by Gasteiger charge is -2.34. The third-order valence-corrected chi connectivity index (χ3v) is 3.70. The largest absolute Gasteiger partial charge is 0.338 e. The normalized spacial score (nSPS) is 15.4. The maximum atomic E-state index is 12.8. The highest BCUT2D eigenvalue weighted by molar-refractivity contribution is 5.92. The number of rotatable bonds is 4. The quantitative estimate of drug-likeness (QED) is 0.923. The Labute approximate surface area is 134 Å². The van der Waals surface area contributed by atoms with Gasteiger partial charge in [-0.1, -0.05) is 0 Å². The van der Waals surface area contributed by atoms with Gasteiger partial charge in [0.05, 0.1) is 6.54 Å². The molecule has 2 aromatic rings.